The van der Waals surface area contributed by atoms with E-state index in [0.717, 1.165) is 45.2 Å². The smallest absolute Gasteiger partial charge is 0.274 e. The molecule has 20 heavy (non-hydrogen) atoms. The van der Waals surface area contributed by atoms with Gasteiger partial charge in [0.25, 0.3) is 5.91 Å². The van der Waals surface area contributed by atoms with Gasteiger partial charge in [-0.25, -0.2) is 4.98 Å². The van der Waals surface area contributed by atoms with Crippen molar-refractivity contribution < 1.29 is 4.79 Å². The number of carbonyl (C=O) groups excluding carboxylic acids is 1. The van der Waals surface area contributed by atoms with Crippen molar-refractivity contribution in [1.29, 1.82) is 0 Å². The first-order chi connectivity index (χ1) is 9.76. The lowest BCUT2D eigenvalue weighted by Gasteiger charge is -2.21. The molecule has 0 aromatic carbocycles. The zero-order valence-electron chi connectivity index (χ0n) is 12.4. The molecule has 0 bridgehead atoms. The van der Waals surface area contributed by atoms with Crippen molar-refractivity contribution in [3.05, 3.63) is 18.1 Å². The highest BCUT2D eigenvalue weighted by Gasteiger charge is 2.33. The molecule has 0 unspecified atom stereocenters. The highest BCUT2D eigenvalue weighted by Crippen LogP contribution is 2.28. The second-order valence-electron chi connectivity index (χ2n) is 5.30. The van der Waals surface area contributed by atoms with Crippen LogP contribution >= 0.6 is 0 Å². The second-order valence-corrected chi connectivity index (χ2v) is 5.30. The summed E-state index contributed by atoms with van der Waals surface area (Å²) in [4.78, 5) is 23.0. The molecule has 0 radical (unpaired) electrons. The quantitative estimate of drug-likeness (QED) is 0.793. The van der Waals surface area contributed by atoms with Crippen molar-refractivity contribution in [2.24, 2.45) is 0 Å². The van der Waals surface area contributed by atoms with E-state index >= 15 is 0 Å². The van der Waals surface area contributed by atoms with E-state index in [9.17, 15) is 4.79 Å². The SMILES string of the molecule is CCCCN(C(=O)c1cncc(NCCC)n1)C1CC1. The minimum atomic E-state index is 0.0219. The van der Waals surface area contributed by atoms with Crippen LogP contribution < -0.4 is 5.32 Å². The van der Waals surface area contributed by atoms with Crippen molar-refractivity contribution in [2.75, 3.05) is 18.4 Å². The molecule has 110 valence electrons. The van der Waals surface area contributed by atoms with Gasteiger partial charge in [0.2, 0.25) is 0 Å². The van der Waals surface area contributed by atoms with Gasteiger partial charge < -0.3 is 10.2 Å². The second kappa shape index (κ2) is 7.22. The Bertz CT molecular complexity index is 445. The van der Waals surface area contributed by atoms with Crippen LogP contribution in [-0.4, -0.2) is 39.9 Å². The van der Waals surface area contributed by atoms with E-state index in [0.29, 0.717) is 17.6 Å². The van der Waals surface area contributed by atoms with Gasteiger partial charge in [0.1, 0.15) is 11.5 Å². The summed E-state index contributed by atoms with van der Waals surface area (Å²) in [6, 6.07) is 0.420. The molecular weight excluding hydrogens is 252 g/mol. The summed E-state index contributed by atoms with van der Waals surface area (Å²) in [5.74, 6) is 0.706. The first-order valence-electron chi connectivity index (χ1n) is 7.63. The molecule has 0 atom stereocenters. The number of unbranched alkanes of at least 4 members (excludes halogenated alkanes) is 1. The summed E-state index contributed by atoms with van der Waals surface area (Å²) in [7, 11) is 0. The van der Waals surface area contributed by atoms with Gasteiger partial charge in [-0.2, -0.15) is 0 Å². The molecule has 1 fully saturated rings. The standard InChI is InChI=1S/C15H24N4O/c1-3-5-9-19(12-6-7-12)15(20)13-10-16-11-14(18-13)17-8-4-2/h10-12H,3-9H2,1-2H3,(H,17,18). The fraction of sp³-hybridized carbons (Fsp3) is 0.667. The lowest BCUT2D eigenvalue weighted by Crippen LogP contribution is -2.34. The molecule has 1 aliphatic rings. The van der Waals surface area contributed by atoms with Gasteiger partial charge in [0, 0.05) is 19.1 Å². The van der Waals surface area contributed by atoms with Crippen LogP contribution in [0.5, 0.6) is 0 Å². The van der Waals surface area contributed by atoms with Crippen LogP contribution in [0.3, 0.4) is 0 Å². The Morgan fingerprint density at radius 1 is 1.35 bits per heavy atom. The molecule has 1 aromatic heterocycles. The average molecular weight is 276 g/mol. The van der Waals surface area contributed by atoms with Gasteiger partial charge in [-0.3, -0.25) is 9.78 Å². The van der Waals surface area contributed by atoms with Crippen LogP contribution in [0.4, 0.5) is 5.82 Å². The number of rotatable bonds is 8. The predicted molar refractivity (Wildman–Crippen MR) is 79.8 cm³/mol. The van der Waals surface area contributed by atoms with Crippen molar-refractivity contribution in [2.45, 2.75) is 52.0 Å². The van der Waals surface area contributed by atoms with Crippen LogP contribution in [0.1, 0.15) is 56.4 Å². The molecule has 5 heteroatoms. The molecular formula is C15H24N4O. The fourth-order valence-electron chi connectivity index (χ4n) is 2.12. The number of nitrogens with one attached hydrogen (secondary N) is 1. The summed E-state index contributed by atoms with van der Waals surface area (Å²) in [6.07, 6.45) is 8.64. The van der Waals surface area contributed by atoms with E-state index < -0.39 is 0 Å². The Morgan fingerprint density at radius 3 is 2.80 bits per heavy atom. The summed E-state index contributed by atoms with van der Waals surface area (Å²) < 4.78 is 0. The minimum Gasteiger partial charge on any atom is -0.369 e. The molecule has 1 amide bonds. The Labute approximate surface area is 120 Å². The average Bonchev–Trinajstić information content (AvgIpc) is 3.30. The number of anilines is 1. The molecule has 0 spiro atoms. The van der Waals surface area contributed by atoms with Gasteiger partial charge in [0.15, 0.2) is 0 Å². The largest absolute Gasteiger partial charge is 0.369 e. The third-order valence-corrected chi connectivity index (χ3v) is 3.41. The predicted octanol–water partition coefficient (Wildman–Crippen LogP) is 2.70. The maximum Gasteiger partial charge on any atom is 0.274 e. The van der Waals surface area contributed by atoms with E-state index in [1.807, 2.05) is 4.90 Å². The van der Waals surface area contributed by atoms with Gasteiger partial charge in [-0.05, 0) is 25.7 Å². The summed E-state index contributed by atoms with van der Waals surface area (Å²) in [5.41, 5.74) is 0.453. The Morgan fingerprint density at radius 2 is 2.15 bits per heavy atom. The first kappa shape index (κ1) is 14.8. The highest BCUT2D eigenvalue weighted by molar-refractivity contribution is 5.92. The van der Waals surface area contributed by atoms with Gasteiger partial charge in [-0.1, -0.05) is 20.3 Å². The number of aromatic nitrogens is 2. The number of amides is 1. The van der Waals surface area contributed by atoms with Crippen molar-refractivity contribution in [1.82, 2.24) is 14.9 Å². The Balaban J connectivity index is 2.05. The zero-order valence-corrected chi connectivity index (χ0v) is 12.4. The van der Waals surface area contributed by atoms with Gasteiger partial charge in [-0.15, -0.1) is 0 Å². The summed E-state index contributed by atoms with van der Waals surface area (Å²) in [5, 5.41) is 3.17. The lowest BCUT2D eigenvalue weighted by atomic mass is 10.3. The van der Waals surface area contributed by atoms with Crippen LogP contribution in [0, 0.1) is 0 Å². The van der Waals surface area contributed by atoms with E-state index in [1.54, 1.807) is 12.4 Å². The number of hydrogen-bond acceptors (Lipinski definition) is 4. The monoisotopic (exact) mass is 276 g/mol. The van der Waals surface area contributed by atoms with Gasteiger partial charge >= 0.3 is 0 Å². The Hall–Kier alpha value is -1.65. The fourth-order valence-corrected chi connectivity index (χ4v) is 2.12. The van der Waals surface area contributed by atoms with Crippen molar-refractivity contribution in [3.63, 3.8) is 0 Å². The Kier molecular flexibility index (Phi) is 5.32. The third-order valence-electron chi connectivity index (χ3n) is 3.41. The lowest BCUT2D eigenvalue weighted by molar-refractivity contribution is 0.0734. The molecule has 1 heterocycles. The van der Waals surface area contributed by atoms with Crippen molar-refractivity contribution in [3.8, 4) is 0 Å². The topological polar surface area (TPSA) is 58.1 Å². The third kappa shape index (κ3) is 3.92. The molecule has 0 aliphatic heterocycles. The molecule has 1 aliphatic carbocycles. The van der Waals surface area contributed by atoms with E-state index in [4.69, 9.17) is 0 Å². The van der Waals surface area contributed by atoms with Crippen molar-refractivity contribution >= 4 is 11.7 Å². The summed E-state index contributed by atoms with van der Waals surface area (Å²) in [6.45, 7) is 5.91. The minimum absolute atomic E-state index is 0.0219. The van der Waals surface area contributed by atoms with Crippen LogP contribution in [0.25, 0.3) is 0 Å². The number of nitrogens with zero attached hydrogens (tertiary/aromatic N) is 3. The van der Waals surface area contributed by atoms with E-state index in [-0.39, 0.29) is 5.91 Å². The molecule has 1 N–H and O–H groups in total. The maximum absolute atomic E-state index is 12.6. The van der Waals surface area contributed by atoms with Gasteiger partial charge in [0.05, 0.1) is 12.4 Å². The number of hydrogen-bond donors (Lipinski definition) is 1. The first-order valence-corrected chi connectivity index (χ1v) is 7.63. The highest BCUT2D eigenvalue weighted by atomic mass is 16.2. The van der Waals surface area contributed by atoms with Crippen LogP contribution in [0.2, 0.25) is 0 Å². The van der Waals surface area contributed by atoms with Crippen LogP contribution in [-0.2, 0) is 0 Å². The van der Waals surface area contributed by atoms with Crippen LogP contribution in [0.15, 0.2) is 12.4 Å². The molecule has 2 rings (SSSR count). The van der Waals surface area contributed by atoms with E-state index in [2.05, 4.69) is 29.1 Å². The maximum atomic E-state index is 12.6. The molecule has 1 aromatic rings. The molecule has 1 saturated carbocycles. The molecule has 5 nitrogen and oxygen atoms in total. The number of carbonyl (C=O) groups is 1. The summed E-state index contributed by atoms with van der Waals surface area (Å²) >= 11 is 0. The zero-order chi connectivity index (χ0) is 14.4. The normalized spacial score (nSPS) is 14.1. The van der Waals surface area contributed by atoms with E-state index in [1.165, 1.54) is 0 Å². The molecule has 0 saturated heterocycles.